The number of rotatable bonds is 3. The van der Waals surface area contributed by atoms with Crippen molar-refractivity contribution >= 4 is 11.7 Å². The number of carbonyl (C=O) groups is 1. The lowest BCUT2D eigenvalue weighted by Crippen LogP contribution is -2.29. The molecule has 0 radical (unpaired) electrons. The number of anilines is 1. The number of hydrogen-bond acceptors (Lipinski definition) is 3. The zero-order valence-corrected chi connectivity index (χ0v) is 12.9. The zero-order valence-electron chi connectivity index (χ0n) is 12.9. The molecule has 1 saturated carbocycles. The molecular formula is C16H26N2O2. The van der Waals surface area contributed by atoms with Gasteiger partial charge in [-0.15, -0.1) is 0 Å². The quantitative estimate of drug-likeness (QED) is 0.859. The molecule has 112 valence electrons. The van der Waals surface area contributed by atoms with Crippen molar-refractivity contribution in [2.45, 2.75) is 59.1 Å². The molecule has 4 heteroatoms. The summed E-state index contributed by atoms with van der Waals surface area (Å²) in [6.45, 7) is 8.51. The van der Waals surface area contributed by atoms with E-state index in [1.165, 1.54) is 6.42 Å². The van der Waals surface area contributed by atoms with E-state index in [2.05, 4.69) is 13.8 Å². The molecule has 0 aromatic carbocycles. The van der Waals surface area contributed by atoms with Crippen molar-refractivity contribution in [2.24, 2.45) is 11.8 Å². The SMILES string of the molecule is CC1CC(C)CC(OC(=O)c2cc(N)cn2C(C)C)C1. The van der Waals surface area contributed by atoms with E-state index in [0.29, 0.717) is 23.2 Å². The topological polar surface area (TPSA) is 57.2 Å². The Balaban J connectivity index is 2.08. The molecule has 1 aliphatic carbocycles. The van der Waals surface area contributed by atoms with Crippen molar-refractivity contribution in [2.75, 3.05) is 5.73 Å². The van der Waals surface area contributed by atoms with Gasteiger partial charge in [0.15, 0.2) is 0 Å². The maximum absolute atomic E-state index is 12.4. The van der Waals surface area contributed by atoms with Gasteiger partial charge in [0.2, 0.25) is 0 Å². The number of nitrogens with zero attached hydrogens (tertiary/aromatic N) is 1. The lowest BCUT2D eigenvalue weighted by molar-refractivity contribution is 0.00685. The van der Waals surface area contributed by atoms with Gasteiger partial charge in [-0.05, 0) is 51.0 Å². The fourth-order valence-electron chi connectivity index (χ4n) is 3.27. The minimum Gasteiger partial charge on any atom is -0.458 e. The maximum Gasteiger partial charge on any atom is 0.355 e. The van der Waals surface area contributed by atoms with Crippen LogP contribution < -0.4 is 5.73 Å². The summed E-state index contributed by atoms with van der Waals surface area (Å²) in [5, 5.41) is 0. The molecule has 0 saturated heterocycles. The average molecular weight is 278 g/mol. The van der Waals surface area contributed by atoms with Gasteiger partial charge < -0.3 is 15.0 Å². The third-order valence-corrected chi connectivity index (χ3v) is 4.04. The first-order valence-corrected chi connectivity index (χ1v) is 7.55. The van der Waals surface area contributed by atoms with E-state index in [0.717, 1.165) is 12.8 Å². The second-order valence-corrected chi connectivity index (χ2v) is 6.60. The van der Waals surface area contributed by atoms with Crippen molar-refractivity contribution in [1.82, 2.24) is 4.57 Å². The molecule has 0 aliphatic heterocycles. The summed E-state index contributed by atoms with van der Waals surface area (Å²) >= 11 is 0. The first-order valence-electron chi connectivity index (χ1n) is 7.55. The fraction of sp³-hybridized carbons (Fsp3) is 0.688. The summed E-state index contributed by atoms with van der Waals surface area (Å²) in [6.07, 6.45) is 5.00. The summed E-state index contributed by atoms with van der Waals surface area (Å²) in [5.74, 6) is 0.999. The van der Waals surface area contributed by atoms with Gasteiger partial charge in [-0.1, -0.05) is 13.8 Å². The molecule has 2 unspecified atom stereocenters. The number of nitrogens with two attached hydrogens (primary N) is 1. The van der Waals surface area contributed by atoms with Gasteiger partial charge in [0.25, 0.3) is 0 Å². The Bertz CT molecular complexity index is 469. The minimum absolute atomic E-state index is 0.0398. The summed E-state index contributed by atoms with van der Waals surface area (Å²) in [5.41, 5.74) is 6.97. The van der Waals surface area contributed by atoms with Gasteiger partial charge in [-0.25, -0.2) is 4.79 Å². The van der Waals surface area contributed by atoms with Gasteiger partial charge in [0.05, 0.1) is 5.69 Å². The van der Waals surface area contributed by atoms with Gasteiger partial charge >= 0.3 is 5.97 Å². The van der Waals surface area contributed by atoms with Crippen LogP contribution in [0.4, 0.5) is 5.69 Å². The Kier molecular flexibility index (Phi) is 4.41. The van der Waals surface area contributed by atoms with Crippen molar-refractivity contribution in [3.05, 3.63) is 18.0 Å². The van der Waals surface area contributed by atoms with Crippen molar-refractivity contribution in [3.63, 3.8) is 0 Å². The normalized spacial score (nSPS) is 26.8. The third kappa shape index (κ3) is 3.35. The molecule has 2 rings (SSSR count). The average Bonchev–Trinajstić information content (AvgIpc) is 2.70. The van der Waals surface area contributed by atoms with E-state index in [1.807, 2.05) is 18.4 Å². The van der Waals surface area contributed by atoms with Crippen LogP contribution in [0, 0.1) is 11.8 Å². The monoisotopic (exact) mass is 278 g/mol. The highest BCUT2D eigenvalue weighted by Gasteiger charge is 2.28. The number of ether oxygens (including phenoxy) is 1. The van der Waals surface area contributed by atoms with Crippen LogP contribution >= 0.6 is 0 Å². The molecule has 4 nitrogen and oxygen atoms in total. The lowest BCUT2D eigenvalue weighted by Gasteiger charge is -2.31. The van der Waals surface area contributed by atoms with E-state index < -0.39 is 0 Å². The highest BCUT2D eigenvalue weighted by molar-refractivity contribution is 5.89. The molecule has 2 atom stereocenters. The predicted molar refractivity (Wildman–Crippen MR) is 80.6 cm³/mol. The van der Waals surface area contributed by atoms with E-state index >= 15 is 0 Å². The first kappa shape index (κ1) is 14.9. The van der Waals surface area contributed by atoms with Crippen molar-refractivity contribution < 1.29 is 9.53 Å². The fourth-order valence-corrected chi connectivity index (χ4v) is 3.27. The van der Waals surface area contributed by atoms with Gasteiger partial charge in [0.1, 0.15) is 11.8 Å². The first-order chi connectivity index (χ1) is 9.36. The van der Waals surface area contributed by atoms with Crippen LogP contribution in [-0.2, 0) is 4.74 Å². The Morgan fingerprint density at radius 1 is 1.30 bits per heavy atom. The predicted octanol–water partition coefficient (Wildman–Crippen LogP) is 3.63. The smallest absolute Gasteiger partial charge is 0.355 e. The van der Waals surface area contributed by atoms with E-state index in [-0.39, 0.29) is 18.1 Å². The second-order valence-electron chi connectivity index (χ2n) is 6.60. The number of hydrogen-bond donors (Lipinski definition) is 1. The van der Waals surface area contributed by atoms with E-state index in [1.54, 1.807) is 12.3 Å². The van der Waals surface area contributed by atoms with Crippen LogP contribution in [0.2, 0.25) is 0 Å². The van der Waals surface area contributed by atoms with Crippen LogP contribution in [0.5, 0.6) is 0 Å². The van der Waals surface area contributed by atoms with Crippen LogP contribution in [0.25, 0.3) is 0 Å². The van der Waals surface area contributed by atoms with Gasteiger partial charge in [-0.3, -0.25) is 0 Å². The Hall–Kier alpha value is -1.45. The molecule has 0 spiro atoms. The highest BCUT2D eigenvalue weighted by atomic mass is 16.5. The molecular weight excluding hydrogens is 252 g/mol. The second kappa shape index (κ2) is 5.90. The van der Waals surface area contributed by atoms with Crippen LogP contribution in [0.3, 0.4) is 0 Å². The molecule has 0 amide bonds. The largest absolute Gasteiger partial charge is 0.458 e. The maximum atomic E-state index is 12.4. The molecule has 1 heterocycles. The van der Waals surface area contributed by atoms with Gasteiger partial charge in [-0.2, -0.15) is 0 Å². The summed E-state index contributed by atoms with van der Waals surface area (Å²) in [4.78, 5) is 12.4. The lowest BCUT2D eigenvalue weighted by atomic mass is 9.82. The highest BCUT2D eigenvalue weighted by Crippen LogP contribution is 2.31. The molecule has 1 aliphatic rings. The summed E-state index contributed by atoms with van der Waals surface area (Å²) in [6, 6.07) is 1.90. The molecule has 1 fully saturated rings. The Morgan fingerprint density at radius 2 is 1.90 bits per heavy atom. The number of esters is 1. The van der Waals surface area contributed by atoms with E-state index in [9.17, 15) is 4.79 Å². The van der Waals surface area contributed by atoms with Crippen molar-refractivity contribution in [3.8, 4) is 0 Å². The summed E-state index contributed by atoms with van der Waals surface area (Å²) < 4.78 is 7.59. The Morgan fingerprint density at radius 3 is 2.45 bits per heavy atom. The standard InChI is InChI=1S/C16H26N2O2/c1-10(2)18-9-13(17)8-15(18)16(19)20-14-6-11(3)5-12(4)7-14/h8-12,14H,5-7,17H2,1-4H3. The number of aromatic nitrogens is 1. The molecule has 1 aromatic heterocycles. The summed E-state index contributed by atoms with van der Waals surface area (Å²) in [7, 11) is 0. The van der Waals surface area contributed by atoms with Crippen molar-refractivity contribution in [1.29, 1.82) is 0 Å². The van der Waals surface area contributed by atoms with E-state index in [4.69, 9.17) is 10.5 Å². The minimum atomic E-state index is -0.248. The third-order valence-electron chi connectivity index (χ3n) is 4.04. The van der Waals surface area contributed by atoms with Crippen LogP contribution in [0.15, 0.2) is 12.3 Å². The number of nitrogen functional groups attached to an aromatic ring is 1. The molecule has 0 bridgehead atoms. The molecule has 20 heavy (non-hydrogen) atoms. The van der Waals surface area contributed by atoms with Crippen LogP contribution in [0.1, 0.15) is 63.5 Å². The molecule has 1 aromatic rings. The zero-order chi connectivity index (χ0) is 14.9. The Labute approximate surface area is 121 Å². The number of carbonyl (C=O) groups excluding carboxylic acids is 1. The van der Waals surface area contributed by atoms with Gasteiger partial charge in [0, 0.05) is 12.2 Å². The van der Waals surface area contributed by atoms with Crippen LogP contribution in [-0.4, -0.2) is 16.6 Å². The molecule has 2 N–H and O–H groups in total.